The Labute approximate surface area is 171 Å². The molecule has 0 spiro atoms. The van der Waals surface area contributed by atoms with Crippen LogP contribution >= 0.6 is 0 Å². The van der Waals surface area contributed by atoms with Crippen LogP contribution in [0, 0.1) is 11.7 Å². The highest BCUT2D eigenvalue weighted by atomic mass is 19.1. The van der Waals surface area contributed by atoms with Gasteiger partial charge in [-0.1, -0.05) is 19.1 Å². The smallest absolute Gasteiger partial charge is 0.408 e. The van der Waals surface area contributed by atoms with Crippen LogP contribution in [0.25, 0.3) is 0 Å². The van der Waals surface area contributed by atoms with Crippen molar-refractivity contribution in [1.29, 1.82) is 0 Å². The van der Waals surface area contributed by atoms with Crippen LogP contribution in [0.5, 0.6) is 0 Å². The van der Waals surface area contributed by atoms with E-state index in [0.29, 0.717) is 6.42 Å². The minimum absolute atomic E-state index is 0.0566. The van der Waals surface area contributed by atoms with Crippen LogP contribution in [-0.4, -0.2) is 42.8 Å². The predicted molar refractivity (Wildman–Crippen MR) is 107 cm³/mol. The molecule has 1 aromatic rings. The van der Waals surface area contributed by atoms with Crippen molar-refractivity contribution in [3.8, 4) is 0 Å². The summed E-state index contributed by atoms with van der Waals surface area (Å²) >= 11 is 0. The van der Waals surface area contributed by atoms with Gasteiger partial charge in [0.25, 0.3) is 0 Å². The fraction of sp³-hybridized carbons (Fsp3) is 0.571. The van der Waals surface area contributed by atoms with Crippen molar-refractivity contribution in [1.82, 2.24) is 10.6 Å². The molecule has 0 heterocycles. The highest BCUT2D eigenvalue weighted by Gasteiger charge is 2.29. The van der Waals surface area contributed by atoms with Crippen LogP contribution in [-0.2, 0) is 25.5 Å². The van der Waals surface area contributed by atoms with E-state index < -0.39 is 35.5 Å². The summed E-state index contributed by atoms with van der Waals surface area (Å²) in [6.45, 7) is 8.55. The molecule has 2 amide bonds. The fourth-order valence-electron chi connectivity index (χ4n) is 2.70. The molecule has 1 rings (SSSR count). The third-order valence-electron chi connectivity index (χ3n) is 4.04. The van der Waals surface area contributed by atoms with Gasteiger partial charge in [-0.05, 0) is 58.2 Å². The maximum absolute atomic E-state index is 13.0. The number of rotatable bonds is 8. The Hall–Kier alpha value is -2.64. The van der Waals surface area contributed by atoms with Gasteiger partial charge in [0.1, 0.15) is 17.5 Å². The van der Waals surface area contributed by atoms with Gasteiger partial charge in [-0.3, -0.25) is 9.59 Å². The topological polar surface area (TPSA) is 93.7 Å². The van der Waals surface area contributed by atoms with E-state index >= 15 is 0 Å². The summed E-state index contributed by atoms with van der Waals surface area (Å²) in [5.74, 6) is -1.85. The maximum Gasteiger partial charge on any atom is 0.408 e. The summed E-state index contributed by atoms with van der Waals surface area (Å²) < 4.78 is 23.0. The molecule has 7 nitrogen and oxygen atoms in total. The summed E-state index contributed by atoms with van der Waals surface area (Å²) in [7, 11) is 1.26. The molecule has 162 valence electrons. The summed E-state index contributed by atoms with van der Waals surface area (Å²) in [6, 6.07) is 4.75. The maximum atomic E-state index is 13.0. The third-order valence-corrected chi connectivity index (χ3v) is 4.04. The Morgan fingerprint density at radius 2 is 1.66 bits per heavy atom. The van der Waals surface area contributed by atoms with E-state index in [1.807, 2.05) is 0 Å². The molecule has 0 aliphatic heterocycles. The van der Waals surface area contributed by atoms with Crippen LogP contribution in [0.15, 0.2) is 24.3 Å². The first-order valence-corrected chi connectivity index (χ1v) is 9.53. The van der Waals surface area contributed by atoms with Crippen LogP contribution in [0.2, 0.25) is 0 Å². The number of methoxy groups -OCH3 is 1. The van der Waals surface area contributed by atoms with Gasteiger partial charge >= 0.3 is 12.1 Å². The van der Waals surface area contributed by atoms with Crippen molar-refractivity contribution < 1.29 is 28.2 Å². The van der Waals surface area contributed by atoms with Gasteiger partial charge in [0.05, 0.1) is 13.0 Å². The monoisotopic (exact) mass is 410 g/mol. The highest BCUT2D eigenvalue weighted by molar-refractivity contribution is 5.86. The second-order valence-electron chi connectivity index (χ2n) is 8.10. The molecule has 2 N–H and O–H groups in total. The number of ether oxygens (including phenoxy) is 2. The molecule has 0 aliphatic carbocycles. The summed E-state index contributed by atoms with van der Waals surface area (Å²) in [4.78, 5) is 36.6. The van der Waals surface area contributed by atoms with Crippen LogP contribution in [0.1, 0.15) is 46.6 Å². The zero-order valence-electron chi connectivity index (χ0n) is 17.9. The molecular formula is C21H31FN2O5. The third kappa shape index (κ3) is 9.40. The number of hydrogen-bond donors (Lipinski definition) is 2. The minimum atomic E-state index is -0.977. The molecule has 0 unspecified atom stereocenters. The molecule has 0 saturated heterocycles. The van der Waals surface area contributed by atoms with Gasteiger partial charge in [0, 0.05) is 6.04 Å². The second kappa shape index (κ2) is 10.8. The lowest BCUT2D eigenvalue weighted by atomic mass is 10.0. The lowest BCUT2D eigenvalue weighted by molar-refractivity contribution is -0.145. The van der Waals surface area contributed by atoms with Crippen molar-refractivity contribution in [3.05, 3.63) is 35.6 Å². The standard InChI is InChI=1S/C21H31FN2O5/c1-13(19(26)28-6)11-17(24-20(27)29-21(3,4)5)18(25)23-14(2)12-15-7-9-16(22)10-8-15/h7-10,13-14,17H,11-12H2,1-6H3,(H,23,25)(H,24,27)/t13-,14-,17-/m0/s1. The van der Waals surface area contributed by atoms with Crippen molar-refractivity contribution in [2.45, 2.75) is 65.1 Å². The van der Waals surface area contributed by atoms with Gasteiger partial charge in [-0.25, -0.2) is 9.18 Å². The Kier molecular flexibility index (Phi) is 9.07. The lowest BCUT2D eigenvalue weighted by Gasteiger charge is -2.25. The Bertz CT molecular complexity index is 700. The van der Waals surface area contributed by atoms with E-state index in [-0.39, 0.29) is 18.3 Å². The average molecular weight is 410 g/mol. The van der Waals surface area contributed by atoms with Crippen molar-refractivity contribution in [2.24, 2.45) is 5.92 Å². The molecule has 3 atom stereocenters. The number of carbonyl (C=O) groups is 3. The molecule has 0 saturated carbocycles. The number of nitrogens with one attached hydrogen (secondary N) is 2. The van der Waals surface area contributed by atoms with Gasteiger partial charge in [0.2, 0.25) is 5.91 Å². The lowest BCUT2D eigenvalue weighted by Crippen LogP contribution is -2.51. The Morgan fingerprint density at radius 3 is 2.17 bits per heavy atom. The van der Waals surface area contributed by atoms with Gasteiger partial charge in [-0.15, -0.1) is 0 Å². The molecule has 0 fully saturated rings. The fourth-order valence-corrected chi connectivity index (χ4v) is 2.70. The quantitative estimate of drug-likeness (QED) is 0.643. The number of benzene rings is 1. The molecule has 0 bridgehead atoms. The number of halogens is 1. The summed E-state index contributed by atoms with van der Waals surface area (Å²) in [5, 5.41) is 5.35. The number of alkyl carbamates (subject to hydrolysis) is 1. The molecule has 0 radical (unpaired) electrons. The predicted octanol–water partition coefficient (Wildman–Crippen LogP) is 2.97. The zero-order valence-corrected chi connectivity index (χ0v) is 17.9. The van der Waals surface area contributed by atoms with E-state index in [2.05, 4.69) is 10.6 Å². The van der Waals surface area contributed by atoms with E-state index in [1.54, 1.807) is 46.8 Å². The summed E-state index contributed by atoms with van der Waals surface area (Å²) in [6.07, 6.45) is -0.209. The molecule has 0 aromatic heterocycles. The van der Waals surface area contributed by atoms with Crippen LogP contribution in [0.4, 0.5) is 9.18 Å². The Morgan fingerprint density at radius 1 is 1.07 bits per heavy atom. The normalized spacial score (nSPS) is 14.3. The first kappa shape index (κ1) is 24.4. The zero-order chi connectivity index (χ0) is 22.2. The molecular weight excluding hydrogens is 379 g/mol. The molecule has 1 aromatic carbocycles. The average Bonchev–Trinajstić information content (AvgIpc) is 2.60. The number of hydrogen-bond acceptors (Lipinski definition) is 5. The van der Waals surface area contributed by atoms with Crippen LogP contribution < -0.4 is 10.6 Å². The SMILES string of the molecule is COC(=O)[C@@H](C)C[C@H](NC(=O)OC(C)(C)C)C(=O)N[C@@H](C)Cc1ccc(F)cc1. The summed E-state index contributed by atoms with van der Waals surface area (Å²) in [5.41, 5.74) is 0.133. The molecule has 29 heavy (non-hydrogen) atoms. The number of carbonyl (C=O) groups excluding carboxylic acids is 3. The van der Waals surface area contributed by atoms with Crippen molar-refractivity contribution >= 4 is 18.0 Å². The van der Waals surface area contributed by atoms with Gasteiger partial charge in [-0.2, -0.15) is 0 Å². The van der Waals surface area contributed by atoms with Crippen LogP contribution in [0.3, 0.4) is 0 Å². The first-order chi connectivity index (χ1) is 13.4. The first-order valence-electron chi connectivity index (χ1n) is 9.53. The molecule has 8 heteroatoms. The van der Waals surface area contributed by atoms with Gasteiger partial charge in [0.15, 0.2) is 0 Å². The Balaban J connectivity index is 2.80. The number of amides is 2. The van der Waals surface area contributed by atoms with E-state index in [0.717, 1.165) is 5.56 Å². The van der Waals surface area contributed by atoms with E-state index in [4.69, 9.17) is 9.47 Å². The van der Waals surface area contributed by atoms with Gasteiger partial charge < -0.3 is 20.1 Å². The van der Waals surface area contributed by atoms with E-state index in [9.17, 15) is 18.8 Å². The second-order valence-corrected chi connectivity index (χ2v) is 8.10. The minimum Gasteiger partial charge on any atom is -0.469 e. The molecule has 0 aliphatic rings. The van der Waals surface area contributed by atoms with E-state index in [1.165, 1.54) is 19.2 Å². The largest absolute Gasteiger partial charge is 0.469 e. The van der Waals surface area contributed by atoms with Crippen molar-refractivity contribution in [2.75, 3.05) is 7.11 Å². The highest BCUT2D eigenvalue weighted by Crippen LogP contribution is 2.12. The number of esters is 1. The van der Waals surface area contributed by atoms with Crippen molar-refractivity contribution in [3.63, 3.8) is 0 Å².